The van der Waals surface area contributed by atoms with Crippen LogP contribution >= 0.6 is 11.3 Å². The van der Waals surface area contributed by atoms with Crippen LogP contribution in [-0.2, 0) is 9.59 Å². The zero-order valence-electron chi connectivity index (χ0n) is 16.0. The zero-order chi connectivity index (χ0) is 18.9. The lowest BCUT2D eigenvalue weighted by Gasteiger charge is -2.36. The molecule has 2 amide bonds. The third-order valence-electron chi connectivity index (χ3n) is 4.87. The van der Waals surface area contributed by atoms with Crippen LogP contribution in [0.4, 0.5) is 5.13 Å². The fourth-order valence-electron chi connectivity index (χ4n) is 3.39. The zero-order valence-corrected chi connectivity index (χ0v) is 16.8. The monoisotopic (exact) mass is 373 g/mol. The number of likely N-dealkylation sites (tertiary alicyclic amines) is 1. The molecule has 1 aliphatic rings. The van der Waals surface area contributed by atoms with Gasteiger partial charge in [-0.05, 0) is 31.9 Å². The number of carbonyl (C=O) groups is 2. The molecule has 0 N–H and O–H groups in total. The summed E-state index contributed by atoms with van der Waals surface area (Å²) in [7, 11) is 0. The van der Waals surface area contributed by atoms with Gasteiger partial charge in [-0.25, -0.2) is 4.98 Å². The van der Waals surface area contributed by atoms with Crippen LogP contribution in [-0.4, -0.2) is 41.3 Å². The summed E-state index contributed by atoms with van der Waals surface area (Å²) in [6.45, 7) is 9.74. The second-order valence-corrected chi connectivity index (χ2v) is 8.87. The average Bonchev–Trinajstić information content (AvgIpc) is 3.04. The van der Waals surface area contributed by atoms with Crippen LogP contribution in [0.25, 0.3) is 10.2 Å². The maximum atomic E-state index is 13.1. The number of anilines is 1. The average molecular weight is 374 g/mol. The van der Waals surface area contributed by atoms with Gasteiger partial charge in [-0.1, -0.05) is 44.2 Å². The smallest absolute Gasteiger partial charge is 0.232 e. The Balaban J connectivity index is 1.69. The summed E-state index contributed by atoms with van der Waals surface area (Å²) in [6.07, 6.45) is 1.45. The SMILES string of the molecule is CCN(C(=O)C1CCN(C(=O)C(C)(C)C)CC1)c1nc2ccccc2s1. The molecule has 0 aliphatic carbocycles. The molecule has 5 nitrogen and oxygen atoms in total. The minimum Gasteiger partial charge on any atom is -0.342 e. The molecule has 0 atom stereocenters. The number of para-hydroxylation sites is 1. The van der Waals surface area contributed by atoms with E-state index < -0.39 is 0 Å². The number of thiazole rings is 1. The molecule has 6 heteroatoms. The number of hydrogen-bond donors (Lipinski definition) is 0. The van der Waals surface area contributed by atoms with Gasteiger partial charge < -0.3 is 4.90 Å². The van der Waals surface area contributed by atoms with Gasteiger partial charge >= 0.3 is 0 Å². The molecular weight excluding hydrogens is 346 g/mol. The molecule has 1 aliphatic heterocycles. The van der Waals surface area contributed by atoms with Crippen molar-refractivity contribution in [1.82, 2.24) is 9.88 Å². The number of fused-ring (bicyclic) bond motifs is 1. The van der Waals surface area contributed by atoms with E-state index >= 15 is 0 Å². The maximum Gasteiger partial charge on any atom is 0.232 e. The molecular formula is C20H27N3O2S. The van der Waals surface area contributed by atoms with Crippen molar-refractivity contribution in [2.24, 2.45) is 11.3 Å². The summed E-state index contributed by atoms with van der Waals surface area (Å²) in [5, 5.41) is 0.770. The van der Waals surface area contributed by atoms with Gasteiger partial charge in [-0.3, -0.25) is 14.5 Å². The highest BCUT2D eigenvalue weighted by Crippen LogP contribution is 2.31. The lowest BCUT2D eigenvalue weighted by atomic mass is 9.90. The Labute approximate surface area is 159 Å². The quantitative estimate of drug-likeness (QED) is 0.819. The van der Waals surface area contributed by atoms with E-state index in [1.54, 1.807) is 16.2 Å². The molecule has 1 fully saturated rings. The first-order valence-corrected chi connectivity index (χ1v) is 10.1. The molecule has 140 valence electrons. The highest BCUT2D eigenvalue weighted by Gasteiger charge is 2.34. The molecule has 2 aromatic rings. The number of amides is 2. The Morgan fingerprint density at radius 3 is 2.46 bits per heavy atom. The second kappa shape index (κ2) is 7.35. The lowest BCUT2D eigenvalue weighted by Crippen LogP contribution is -2.47. The number of nitrogens with zero attached hydrogens (tertiary/aromatic N) is 3. The van der Waals surface area contributed by atoms with E-state index in [1.165, 1.54) is 0 Å². The molecule has 0 spiro atoms. The predicted octanol–water partition coefficient (Wildman–Crippen LogP) is 3.93. The molecule has 0 bridgehead atoms. The Bertz CT molecular complexity index is 768. The number of benzene rings is 1. The molecule has 1 aromatic heterocycles. The first kappa shape index (κ1) is 18.8. The predicted molar refractivity (Wildman–Crippen MR) is 106 cm³/mol. The van der Waals surface area contributed by atoms with Crippen LogP contribution in [0.5, 0.6) is 0 Å². The Morgan fingerprint density at radius 1 is 1.23 bits per heavy atom. The molecule has 1 saturated heterocycles. The van der Waals surface area contributed by atoms with Crippen molar-refractivity contribution in [2.45, 2.75) is 40.5 Å². The third-order valence-corrected chi connectivity index (χ3v) is 5.93. The van der Waals surface area contributed by atoms with Gasteiger partial charge in [-0.15, -0.1) is 0 Å². The minimum atomic E-state index is -0.368. The molecule has 26 heavy (non-hydrogen) atoms. The lowest BCUT2D eigenvalue weighted by molar-refractivity contribution is -0.142. The highest BCUT2D eigenvalue weighted by molar-refractivity contribution is 7.22. The van der Waals surface area contributed by atoms with Crippen molar-refractivity contribution in [2.75, 3.05) is 24.5 Å². The fraction of sp³-hybridized carbons (Fsp3) is 0.550. The summed E-state index contributed by atoms with van der Waals surface area (Å²) in [4.78, 5) is 33.8. The van der Waals surface area contributed by atoms with Crippen molar-refractivity contribution in [3.05, 3.63) is 24.3 Å². The number of aromatic nitrogens is 1. The van der Waals surface area contributed by atoms with Gasteiger partial charge in [0.15, 0.2) is 5.13 Å². The number of hydrogen-bond acceptors (Lipinski definition) is 4. The minimum absolute atomic E-state index is 0.0361. The first-order valence-electron chi connectivity index (χ1n) is 9.27. The molecule has 0 saturated carbocycles. The van der Waals surface area contributed by atoms with Gasteiger partial charge in [0.2, 0.25) is 11.8 Å². The van der Waals surface area contributed by atoms with Crippen molar-refractivity contribution in [3.63, 3.8) is 0 Å². The summed E-state index contributed by atoms with van der Waals surface area (Å²) < 4.78 is 1.10. The van der Waals surface area contributed by atoms with Crippen LogP contribution < -0.4 is 4.90 Å². The standard InChI is InChI=1S/C20H27N3O2S/c1-5-23(19-21-15-8-6-7-9-16(15)26-19)17(24)14-10-12-22(13-11-14)18(25)20(2,3)4/h6-9,14H,5,10-13H2,1-4H3. The topological polar surface area (TPSA) is 53.5 Å². The van der Waals surface area contributed by atoms with Crippen molar-refractivity contribution in [1.29, 1.82) is 0 Å². The van der Waals surface area contributed by atoms with E-state index in [0.29, 0.717) is 19.6 Å². The van der Waals surface area contributed by atoms with Crippen LogP contribution in [0, 0.1) is 11.3 Å². The van der Waals surface area contributed by atoms with E-state index in [0.717, 1.165) is 28.2 Å². The van der Waals surface area contributed by atoms with E-state index in [4.69, 9.17) is 0 Å². The van der Waals surface area contributed by atoms with E-state index in [-0.39, 0.29) is 23.1 Å². The van der Waals surface area contributed by atoms with Crippen molar-refractivity contribution in [3.8, 4) is 0 Å². The Kier molecular flexibility index (Phi) is 5.32. The van der Waals surface area contributed by atoms with Gasteiger partial charge in [-0.2, -0.15) is 0 Å². The molecule has 2 heterocycles. The molecule has 0 radical (unpaired) electrons. The molecule has 3 rings (SSSR count). The second-order valence-electron chi connectivity index (χ2n) is 7.86. The number of piperidine rings is 1. The number of rotatable bonds is 3. The summed E-state index contributed by atoms with van der Waals surface area (Å²) in [6, 6.07) is 7.96. The Hall–Kier alpha value is -1.95. The first-order chi connectivity index (χ1) is 12.3. The molecule has 0 unspecified atom stereocenters. The van der Waals surface area contributed by atoms with Gasteiger partial charge in [0.25, 0.3) is 0 Å². The van der Waals surface area contributed by atoms with Crippen LogP contribution in [0.3, 0.4) is 0 Å². The highest BCUT2D eigenvalue weighted by atomic mass is 32.1. The van der Waals surface area contributed by atoms with Gasteiger partial charge in [0, 0.05) is 31.0 Å². The fourth-order valence-corrected chi connectivity index (χ4v) is 4.42. The third kappa shape index (κ3) is 3.75. The van der Waals surface area contributed by atoms with Crippen LogP contribution in [0.1, 0.15) is 40.5 Å². The Morgan fingerprint density at radius 2 is 1.88 bits per heavy atom. The maximum absolute atomic E-state index is 13.1. The largest absolute Gasteiger partial charge is 0.342 e. The van der Waals surface area contributed by atoms with E-state index in [1.807, 2.05) is 56.9 Å². The van der Waals surface area contributed by atoms with Gasteiger partial charge in [0.05, 0.1) is 10.2 Å². The van der Waals surface area contributed by atoms with Crippen molar-refractivity contribution < 1.29 is 9.59 Å². The van der Waals surface area contributed by atoms with Gasteiger partial charge in [0.1, 0.15) is 0 Å². The summed E-state index contributed by atoms with van der Waals surface area (Å²) >= 11 is 1.56. The summed E-state index contributed by atoms with van der Waals surface area (Å²) in [5.41, 5.74) is 0.567. The van der Waals surface area contributed by atoms with Crippen LogP contribution in [0.2, 0.25) is 0 Å². The molecule has 1 aromatic carbocycles. The summed E-state index contributed by atoms with van der Waals surface area (Å²) in [5.74, 6) is 0.266. The van der Waals surface area contributed by atoms with Crippen molar-refractivity contribution >= 4 is 38.5 Å². The van der Waals surface area contributed by atoms with Crippen LogP contribution in [0.15, 0.2) is 24.3 Å². The van der Waals surface area contributed by atoms with E-state index in [2.05, 4.69) is 4.98 Å². The normalized spacial score (nSPS) is 16.1. The van der Waals surface area contributed by atoms with E-state index in [9.17, 15) is 9.59 Å². The number of carbonyl (C=O) groups excluding carboxylic acids is 2.